The van der Waals surface area contributed by atoms with E-state index in [1.807, 2.05) is 18.2 Å². The molecule has 1 fully saturated rings. The average Bonchev–Trinajstić information content (AvgIpc) is 3.94. The lowest BCUT2D eigenvalue weighted by Crippen LogP contribution is -2.31. The number of fused-ring (bicyclic) bond motifs is 11. The van der Waals surface area contributed by atoms with Crippen LogP contribution in [0.5, 0.6) is 0 Å². The molecule has 2 atom stereocenters. The van der Waals surface area contributed by atoms with Gasteiger partial charge in [0.15, 0.2) is 5.82 Å². The highest BCUT2D eigenvalue weighted by molar-refractivity contribution is 6.11. The molecule has 0 bridgehead atoms. The minimum atomic E-state index is 0.0549. The van der Waals surface area contributed by atoms with E-state index in [1.165, 1.54) is 82.2 Å². The molecule has 1 spiro atoms. The van der Waals surface area contributed by atoms with Gasteiger partial charge in [0.05, 0.1) is 11.4 Å². The fourth-order valence-electron chi connectivity index (χ4n) is 12.3. The predicted octanol–water partition coefficient (Wildman–Crippen LogP) is 15.9. The zero-order chi connectivity index (χ0) is 42.6. The zero-order valence-corrected chi connectivity index (χ0v) is 36.3. The van der Waals surface area contributed by atoms with Crippen LogP contribution in [0.4, 0.5) is 0 Å². The van der Waals surface area contributed by atoms with Crippen molar-refractivity contribution in [1.82, 2.24) is 9.97 Å². The van der Waals surface area contributed by atoms with Crippen molar-refractivity contribution in [3.63, 3.8) is 0 Å². The topological polar surface area (TPSA) is 38.9 Å². The maximum atomic E-state index is 6.87. The van der Waals surface area contributed by atoms with Crippen molar-refractivity contribution >= 4 is 27.5 Å². The predicted molar refractivity (Wildman–Crippen MR) is 263 cm³/mol. The minimum absolute atomic E-state index is 0.0549. The lowest BCUT2D eigenvalue weighted by atomic mass is 9.64. The SMILES string of the molecule is CC1(C)c2ccccc2C2C=C3C(=CC21)c1c(-c2ccc4oc5c(-c6cc(-c7ccc(-c8ccccc8)cc7)nc(-c7ccccc7)n6)cccc5c4c2)cccc1C31CCCCC1. The molecule has 3 nitrogen and oxygen atoms in total. The smallest absolute Gasteiger partial charge is 0.160 e. The second-order valence-corrected chi connectivity index (χ2v) is 19.2. The van der Waals surface area contributed by atoms with Crippen molar-refractivity contribution in [1.29, 1.82) is 0 Å². The third kappa shape index (κ3) is 5.59. The van der Waals surface area contributed by atoms with Crippen LogP contribution < -0.4 is 0 Å². The molecule has 0 N–H and O–H groups in total. The summed E-state index contributed by atoms with van der Waals surface area (Å²) in [5.74, 6) is 1.52. The molecule has 64 heavy (non-hydrogen) atoms. The minimum Gasteiger partial charge on any atom is -0.455 e. The summed E-state index contributed by atoms with van der Waals surface area (Å²) < 4.78 is 6.87. The van der Waals surface area contributed by atoms with Crippen molar-refractivity contribution in [3.8, 4) is 56.2 Å². The summed E-state index contributed by atoms with van der Waals surface area (Å²) >= 11 is 0. The highest BCUT2D eigenvalue weighted by Crippen LogP contribution is 2.64. The number of furan rings is 1. The van der Waals surface area contributed by atoms with Gasteiger partial charge in [0.2, 0.25) is 0 Å². The Kier molecular flexibility index (Phi) is 8.31. The number of hydrogen-bond donors (Lipinski definition) is 0. The molecule has 2 heterocycles. The van der Waals surface area contributed by atoms with Gasteiger partial charge < -0.3 is 4.42 Å². The summed E-state index contributed by atoms with van der Waals surface area (Å²) in [7, 11) is 0. The molecule has 13 rings (SSSR count). The monoisotopic (exact) mass is 824 g/mol. The average molecular weight is 825 g/mol. The van der Waals surface area contributed by atoms with E-state index in [0.717, 1.165) is 50.0 Å². The van der Waals surface area contributed by atoms with Crippen LogP contribution in [0, 0.1) is 5.92 Å². The Hall–Kier alpha value is -7.10. The van der Waals surface area contributed by atoms with Crippen molar-refractivity contribution in [2.45, 2.75) is 62.7 Å². The zero-order valence-electron chi connectivity index (χ0n) is 36.3. The molecule has 0 saturated heterocycles. The molecule has 4 aliphatic rings. The number of hydrogen-bond acceptors (Lipinski definition) is 3. The van der Waals surface area contributed by atoms with E-state index < -0.39 is 0 Å². The number of nitrogens with zero attached hydrogens (tertiary/aromatic N) is 2. The van der Waals surface area contributed by atoms with Crippen LogP contribution in [-0.2, 0) is 10.8 Å². The molecule has 0 radical (unpaired) electrons. The Morgan fingerprint density at radius 1 is 0.516 bits per heavy atom. The summed E-state index contributed by atoms with van der Waals surface area (Å²) in [4.78, 5) is 10.4. The van der Waals surface area contributed by atoms with Crippen LogP contribution in [0.15, 0.2) is 192 Å². The standard InChI is InChI=1S/C61H48N2O/c1-60(2)50-24-11-10-20-44(50)47-35-53-49(36-52(47)60)57-43(21-15-25-51(57)61(53)32-12-5-13-33-61)42-30-31-56-48(34-42)45-22-14-23-46(58(45)64-56)55-37-54(62-59(63-55)41-18-8-4-9-19-41)40-28-26-39(27-29-40)38-16-6-3-7-17-38/h3-4,6-11,14-31,34-37,47,52H,5,12-13,32-33H2,1-2H3. The quantitative estimate of drug-likeness (QED) is 0.174. The van der Waals surface area contributed by atoms with Gasteiger partial charge in [0.25, 0.3) is 0 Å². The first-order valence-electron chi connectivity index (χ1n) is 23.2. The van der Waals surface area contributed by atoms with Crippen molar-refractivity contribution in [2.75, 3.05) is 0 Å². The molecule has 0 amide bonds. The number of rotatable bonds is 5. The van der Waals surface area contributed by atoms with E-state index in [4.69, 9.17) is 14.4 Å². The molecule has 4 aliphatic carbocycles. The van der Waals surface area contributed by atoms with Gasteiger partial charge in [-0.15, -0.1) is 0 Å². The Morgan fingerprint density at radius 2 is 1.17 bits per heavy atom. The molecule has 2 aromatic heterocycles. The Bertz CT molecular complexity index is 3380. The lowest BCUT2D eigenvalue weighted by Gasteiger charge is -2.39. The molecule has 7 aromatic carbocycles. The van der Waals surface area contributed by atoms with Crippen molar-refractivity contribution in [3.05, 3.63) is 210 Å². The normalized spacial score (nSPS) is 18.9. The van der Waals surface area contributed by atoms with E-state index in [-0.39, 0.29) is 10.8 Å². The van der Waals surface area contributed by atoms with Gasteiger partial charge in [0, 0.05) is 38.8 Å². The van der Waals surface area contributed by atoms with Crippen molar-refractivity contribution < 1.29 is 4.42 Å². The third-order valence-electron chi connectivity index (χ3n) is 15.4. The van der Waals surface area contributed by atoms with E-state index in [2.05, 4.69) is 178 Å². The molecule has 1 saturated carbocycles. The lowest BCUT2D eigenvalue weighted by molar-refractivity contribution is 0.345. The number of para-hydroxylation sites is 1. The maximum Gasteiger partial charge on any atom is 0.160 e. The summed E-state index contributed by atoms with van der Waals surface area (Å²) in [5.41, 5.74) is 20.5. The van der Waals surface area contributed by atoms with Crippen LogP contribution in [0.1, 0.15) is 74.1 Å². The van der Waals surface area contributed by atoms with E-state index in [0.29, 0.717) is 17.7 Å². The molecular weight excluding hydrogens is 777 g/mol. The Labute approximate surface area is 374 Å². The first kappa shape index (κ1) is 37.5. The highest BCUT2D eigenvalue weighted by atomic mass is 16.3. The third-order valence-corrected chi connectivity index (χ3v) is 15.4. The van der Waals surface area contributed by atoms with E-state index in [9.17, 15) is 0 Å². The van der Waals surface area contributed by atoms with Gasteiger partial charge in [-0.2, -0.15) is 0 Å². The summed E-state index contributed by atoms with van der Waals surface area (Å²) in [6.07, 6.45) is 11.8. The fraction of sp³-hybridized carbons (Fsp3) is 0.180. The number of benzene rings is 7. The van der Waals surface area contributed by atoms with Crippen LogP contribution >= 0.6 is 0 Å². The molecule has 3 heteroatoms. The first-order chi connectivity index (χ1) is 31.4. The Morgan fingerprint density at radius 3 is 1.98 bits per heavy atom. The van der Waals surface area contributed by atoms with Gasteiger partial charge in [-0.25, -0.2) is 9.97 Å². The van der Waals surface area contributed by atoms with Gasteiger partial charge in [0.1, 0.15) is 11.2 Å². The maximum absolute atomic E-state index is 6.87. The second-order valence-electron chi connectivity index (χ2n) is 19.2. The summed E-state index contributed by atoms with van der Waals surface area (Å²) in [6, 6.07) is 61.3. The second kappa shape index (κ2) is 14.2. The van der Waals surface area contributed by atoms with Crippen LogP contribution in [0.25, 0.3) is 83.7 Å². The summed E-state index contributed by atoms with van der Waals surface area (Å²) in [5, 5.41) is 2.21. The van der Waals surface area contributed by atoms with Crippen molar-refractivity contribution in [2.24, 2.45) is 5.92 Å². The molecule has 308 valence electrons. The van der Waals surface area contributed by atoms with Gasteiger partial charge in [-0.1, -0.05) is 191 Å². The molecule has 9 aromatic rings. The van der Waals surface area contributed by atoms with E-state index in [1.54, 1.807) is 5.57 Å². The van der Waals surface area contributed by atoms with Gasteiger partial charge in [-0.3, -0.25) is 0 Å². The number of allylic oxidation sites excluding steroid dienone is 4. The number of aromatic nitrogens is 2. The van der Waals surface area contributed by atoms with Crippen LogP contribution in [0.3, 0.4) is 0 Å². The molecule has 0 aliphatic heterocycles. The van der Waals surface area contributed by atoms with Crippen LogP contribution in [0.2, 0.25) is 0 Å². The highest BCUT2D eigenvalue weighted by Gasteiger charge is 2.53. The van der Waals surface area contributed by atoms with E-state index >= 15 is 0 Å². The molecule has 2 unspecified atom stereocenters. The summed E-state index contributed by atoms with van der Waals surface area (Å²) in [6.45, 7) is 4.93. The van der Waals surface area contributed by atoms with Gasteiger partial charge in [-0.05, 0) is 104 Å². The van der Waals surface area contributed by atoms with Crippen LogP contribution in [-0.4, -0.2) is 9.97 Å². The Balaban J connectivity index is 0.943. The largest absolute Gasteiger partial charge is 0.455 e. The first-order valence-corrected chi connectivity index (χ1v) is 23.2. The van der Waals surface area contributed by atoms with Gasteiger partial charge >= 0.3 is 0 Å². The fourth-order valence-corrected chi connectivity index (χ4v) is 12.3. The molecular formula is C61H48N2O.